The number of thioether (sulfide) groups is 1. The number of nitrogens with one attached hydrogen (secondary N) is 1. The molecule has 0 atom stereocenters. The Hall–Kier alpha value is -1.66. The number of carbonyl (C=O) groups is 1. The number of benzene rings is 1. The molecule has 3 N–H and O–H groups in total. The molecule has 1 aromatic heterocycles. The van der Waals surface area contributed by atoms with E-state index in [-0.39, 0.29) is 11.7 Å². The lowest BCUT2D eigenvalue weighted by atomic mass is 10.3. The Kier molecular flexibility index (Phi) is 4.34. The molecule has 1 amide bonds. The van der Waals surface area contributed by atoms with Crippen LogP contribution in [0.1, 0.15) is 5.69 Å². The number of hydrogen-bond acceptors (Lipinski definition) is 5. The summed E-state index contributed by atoms with van der Waals surface area (Å²) < 4.78 is 4.89. The second-order valence-corrected chi connectivity index (χ2v) is 5.22. The van der Waals surface area contributed by atoms with Crippen molar-refractivity contribution in [3.63, 3.8) is 0 Å². The zero-order valence-corrected chi connectivity index (χ0v) is 11.7. The van der Waals surface area contributed by atoms with Gasteiger partial charge in [-0.2, -0.15) is 0 Å². The first kappa shape index (κ1) is 13.8. The molecule has 2 aromatic rings. The van der Waals surface area contributed by atoms with Crippen molar-refractivity contribution in [1.29, 1.82) is 0 Å². The quantitative estimate of drug-likeness (QED) is 0.670. The highest BCUT2D eigenvalue weighted by atomic mass is 35.5. The van der Waals surface area contributed by atoms with Gasteiger partial charge in [-0.1, -0.05) is 22.8 Å². The van der Waals surface area contributed by atoms with Gasteiger partial charge in [0.1, 0.15) is 0 Å². The third-order valence-corrected chi connectivity index (χ3v) is 3.81. The van der Waals surface area contributed by atoms with E-state index in [0.717, 1.165) is 0 Å². The van der Waals surface area contributed by atoms with Gasteiger partial charge >= 0.3 is 0 Å². The molecule has 5 nitrogen and oxygen atoms in total. The van der Waals surface area contributed by atoms with Gasteiger partial charge in [-0.05, 0) is 19.1 Å². The number of rotatable bonds is 4. The monoisotopic (exact) mass is 297 g/mol. The van der Waals surface area contributed by atoms with Gasteiger partial charge in [-0.25, -0.2) is 0 Å². The Labute approximate surface area is 119 Å². The van der Waals surface area contributed by atoms with Crippen molar-refractivity contribution in [1.82, 2.24) is 5.16 Å². The average molecular weight is 298 g/mol. The van der Waals surface area contributed by atoms with Crippen LogP contribution in [0.3, 0.4) is 0 Å². The van der Waals surface area contributed by atoms with Crippen molar-refractivity contribution in [2.24, 2.45) is 0 Å². The van der Waals surface area contributed by atoms with E-state index in [1.54, 1.807) is 31.2 Å². The Morgan fingerprint density at radius 1 is 1.58 bits per heavy atom. The first-order chi connectivity index (χ1) is 9.06. The van der Waals surface area contributed by atoms with Crippen LogP contribution in [-0.2, 0) is 4.79 Å². The second kappa shape index (κ2) is 5.99. The summed E-state index contributed by atoms with van der Waals surface area (Å²) in [5, 5.41) is 6.81. The van der Waals surface area contributed by atoms with Crippen LogP contribution >= 0.6 is 23.4 Å². The van der Waals surface area contributed by atoms with E-state index in [1.807, 2.05) is 0 Å². The van der Waals surface area contributed by atoms with Crippen LogP contribution < -0.4 is 11.1 Å². The van der Waals surface area contributed by atoms with Crippen molar-refractivity contribution in [3.8, 4) is 0 Å². The van der Waals surface area contributed by atoms with Crippen LogP contribution in [0.4, 0.5) is 11.6 Å². The van der Waals surface area contributed by atoms with E-state index in [9.17, 15) is 4.79 Å². The molecule has 0 fully saturated rings. The van der Waals surface area contributed by atoms with Crippen molar-refractivity contribution in [3.05, 3.63) is 35.0 Å². The maximum atomic E-state index is 11.7. The molecule has 0 aliphatic carbocycles. The lowest BCUT2D eigenvalue weighted by molar-refractivity contribution is -0.113. The van der Waals surface area contributed by atoms with Crippen molar-refractivity contribution in [2.75, 3.05) is 16.8 Å². The number of nitrogens with zero attached hydrogens (tertiary/aromatic N) is 1. The number of aromatic nitrogens is 1. The summed E-state index contributed by atoms with van der Waals surface area (Å²) in [5.41, 5.74) is 7.06. The molecule has 0 bridgehead atoms. The fourth-order valence-electron chi connectivity index (χ4n) is 1.41. The van der Waals surface area contributed by atoms with Gasteiger partial charge in [0, 0.05) is 16.6 Å². The van der Waals surface area contributed by atoms with Crippen LogP contribution in [-0.4, -0.2) is 16.8 Å². The lowest BCUT2D eigenvalue weighted by Crippen LogP contribution is -2.13. The third-order valence-electron chi connectivity index (χ3n) is 2.24. The second-order valence-electron chi connectivity index (χ2n) is 3.83. The number of nitrogens with two attached hydrogens (primary N) is 1. The summed E-state index contributed by atoms with van der Waals surface area (Å²) in [6.07, 6.45) is 0. The molecule has 0 aliphatic heterocycles. The number of nitrogen functional groups attached to an aromatic ring is 1. The number of anilines is 2. The minimum Gasteiger partial charge on any atom is -0.398 e. The molecule has 1 aromatic carbocycles. The van der Waals surface area contributed by atoms with Crippen LogP contribution in [0.5, 0.6) is 0 Å². The normalized spacial score (nSPS) is 10.4. The zero-order valence-electron chi connectivity index (χ0n) is 10.1. The van der Waals surface area contributed by atoms with Gasteiger partial charge in [0.2, 0.25) is 11.8 Å². The Morgan fingerprint density at radius 2 is 2.37 bits per heavy atom. The molecule has 1 heterocycles. The zero-order chi connectivity index (χ0) is 13.8. The molecule has 100 valence electrons. The van der Waals surface area contributed by atoms with E-state index in [0.29, 0.717) is 27.2 Å². The number of carbonyl (C=O) groups excluding carboxylic acids is 1. The van der Waals surface area contributed by atoms with Gasteiger partial charge in [-0.3, -0.25) is 10.1 Å². The van der Waals surface area contributed by atoms with Gasteiger partial charge in [0.25, 0.3) is 0 Å². The number of aryl methyl sites for hydroxylation is 1. The summed E-state index contributed by atoms with van der Waals surface area (Å²) in [4.78, 5) is 12.4. The van der Waals surface area contributed by atoms with Crippen molar-refractivity contribution in [2.45, 2.75) is 11.8 Å². The van der Waals surface area contributed by atoms with Crippen LogP contribution in [0.25, 0.3) is 0 Å². The van der Waals surface area contributed by atoms with E-state index >= 15 is 0 Å². The van der Waals surface area contributed by atoms with Gasteiger partial charge < -0.3 is 10.3 Å². The maximum absolute atomic E-state index is 11.7. The third kappa shape index (κ3) is 3.65. The Morgan fingerprint density at radius 3 is 3.00 bits per heavy atom. The number of halogens is 1. The molecule has 0 spiro atoms. The molecule has 19 heavy (non-hydrogen) atoms. The van der Waals surface area contributed by atoms with Crippen molar-refractivity contribution >= 4 is 40.8 Å². The lowest BCUT2D eigenvalue weighted by Gasteiger charge is -2.06. The van der Waals surface area contributed by atoms with Crippen LogP contribution in [0, 0.1) is 6.92 Å². The highest BCUT2D eigenvalue weighted by molar-refractivity contribution is 8.00. The minimum atomic E-state index is -0.208. The number of hydrogen-bond donors (Lipinski definition) is 2. The highest BCUT2D eigenvalue weighted by Gasteiger charge is 2.10. The Balaban J connectivity index is 1.93. The minimum absolute atomic E-state index is 0.188. The predicted octanol–water partition coefficient (Wildman–Crippen LogP) is 2.95. The molecule has 7 heteroatoms. The summed E-state index contributed by atoms with van der Waals surface area (Å²) in [6, 6.07) is 6.88. The number of amides is 1. The van der Waals surface area contributed by atoms with Crippen LogP contribution in [0.2, 0.25) is 5.02 Å². The average Bonchev–Trinajstić information content (AvgIpc) is 2.74. The van der Waals surface area contributed by atoms with Crippen molar-refractivity contribution < 1.29 is 9.32 Å². The SMILES string of the molecule is Cc1cc(NC(=O)CSc2c(N)cccc2Cl)on1. The van der Waals surface area contributed by atoms with E-state index < -0.39 is 0 Å². The topological polar surface area (TPSA) is 81.2 Å². The smallest absolute Gasteiger partial charge is 0.237 e. The summed E-state index contributed by atoms with van der Waals surface area (Å²) >= 11 is 7.29. The van der Waals surface area contributed by atoms with Gasteiger partial charge in [-0.15, -0.1) is 11.8 Å². The summed E-state index contributed by atoms with van der Waals surface area (Å²) in [5.74, 6) is 0.309. The molecule has 0 unspecified atom stereocenters. The Bertz CT molecular complexity index is 580. The van der Waals surface area contributed by atoms with Crippen LogP contribution in [0.15, 0.2) is 33.7 Å². The molecule has 0 aliphatic rings. The fraction of sp³-hybridized carbons (Fsp3) is 0.167. The standard InChI is InChI=1S/C12H12ClN3O2S/c1-7-5-11(18-16-7)15-10(17)6-19-12-8(13)3-2-4-9(12)14/h2-5H,6,14H2,1H3,(H,15,17). The predicted molar refractivity (Wildman–Crippen MR) is 76.5 cm³/mol. The van der Waals surface area contributed by atoms with E-state index in [4.69, 9.17) is 21.9 Å². The first-order valence-electron chi connectivity index (χ1n) is 5.46. The molecular formula is C12H12ClN3O2S. The maximum Gasteiger partial charge on any atom is 0.237 e. The molecule has 2 rings (SSSR count). The summed E-state index contributed by atoms with van der Waals surface area (Å²) in [7, 11) is 0. The summed E-state index contributed by atoms with van der Waals surface area (Å²) in [6.45, 7) is 1.78. The largest absolute Gasteiger partial charge is 0.398 e. The fourth-order valence-corrected chi connectivity index (χ4v) is 2.55. The first-order valence-corrected chi connectivity index (χ1v) is 6.82. The molecular weight excluding hydrogens is 286 g/mol. The molecule has 0 saturated heterocycles. The molecule has 0 radical (unpaired) electrons. The highest BCUT2D eigenvalue weighted by Crippen LogP contribution is 2.32. The van der Waals surface area contributed by atoms with Gasteiger partial charge in [0.05, 0.1) is 16.5 Å². The van der Waals surface area contributed by atoms with E-state index in [2.05, 4.69) is 10.5 Å². The van der Waals surface area contributed by atoms with Gasteiger partial charge in [0.15, 0.2) is 0 Å². The van der Waals surface area contributed by atoms with E-state index in [1.165, 1.54) is 11.8 Å². The molecule has 0 saturated carbocycles.